The van der Waals surface area contributed by atoms with Crippen LogP contribution in [0, 0.1) is 35.6 Å². The molecule has 0 saturated carbocycles. The van der Waals surface area contributed by atoms with Gasteiger partial charge in [0.1, 0.15) is 29.6 Å². The largest absolute Gasteiger partial charge is 0.347 e. The van der Waals surface area contributed by atoms with Gasteiger partial charge in [0.2, 0.25) is 5.91 Å². The molecular weight excluding hydrogens is 394 g/mol. The molecule has 1 unspecified atom stereocenters. The Hall–Kier alpha value is -3.62. The summed E-state index contributed by atoms with van der Waals surface area (Å²) in [4.78, 5) is 23.3. The molecule has 156 valence electrons. The first-order valence-electron chi connectivity index (χ1n) is 9.22. The number of nitro groups is 1. The zero-order valence-electron chi connectivity index (χ0n) is 16.4. The molecule has 0 fully saturated rings. The molecule has 0 spiro atoms. The summed E-state index contributed by atoms with van der Waals surface area (Å²) in [5, 5.41) is 18.0. The molecule has 0 saturated heterocycles. The van der Waals surface area contributed by atoms with Crippen LogP contribution in [0.1, 0.15) is 28.6 Å². The van der Waals surface area contributed by atoms with Crippen LogP contribution in [0.25, 0.3) is 0 Å². The number of nitrogens with zero attached hydrogens (tertiary/aromatic N) is 3. The number of benzene rings is 2. The average molecular weight is 414 g/mol. The molecule has 0 aliphatic heterocycles. The zero-order valence-corrected chi connectivity index (χ0v) is 16.4. The summed E-state index contributed by atoms with van der Waals surface area (Å²) in [6, 6.07) is 11.1. The topological polar surface area (TPSA) is 90.1 Å². The lowest BCUT2D eigenvalue weighted by Gasteiger charge is -2.20. The molecule has 9 heteroatoms. The number of aryl methyl sites for hydroxylation is 1. The predicted molar refractivity (Wildman–Crippen MR) is 106 cm³/mol. The molecule has 0 radical (unpaired) electrons. The van der Waals surface area contributed by atoms with Crippen molar-refractivity contribution in [1.29, 1.82) is 0 Å². The van der Waals surface area contributed by atoms with Crippen molar-refractivity contribution in [3.8, 4) is 0 Å². The highest BCUT2D eigenvalue weighted by atomic mass is 19.1. The van der Waals surface area contributed by atoms with Gasteiger partial charge in [-0.1, -0.05) is 24.3 Å². The molecule has 0 bridgehead atoms. The molecule has 7 nitrogen and oxygen atoms in total. The van der Waals surface area contributed by atoms with Crippen molar-refractivity contribution in [2.45, 2.75) is 32.9 Å². The van der Waals surface area contributed by atoms with E-state index in [-0.39, 0.29) is 30.0 Å². The van der Waals surface area contributed by atoms with Crippen molar-refractivity contribution in [2.75, 3.05) is 0 Å². The van der Waals surface area contributed by atoms with Crippen LogP contribution in [-0.4, -0.2) is 20.6 Å². The second-order valence-corrected chi connectivity index (χ2v) is 6.94. The summed E-state index contributed by atoms with van der Waals surface area (Å²) in [5.74, 6) is -1.33. The summed E-state index contributed by atoms with van der Waals surface area (Å²) in [7, 11) is 0. The van der Waals surface area contributed by atoms with Gasteiger partial charge in [-0.3, -0.25) is 19.6 Å². The average Bonchev–Trinajstić information content (AvgIpc) is 2.94. The first-order valence-corrected chi connectivity index (χ1v) is 9.22. The maximum Gasteiger partial charge on any atom is 0.312 e. The zero-order chi connectivity index (χ0) is 21.8. The Labute approximate surface area is 171 Å². The third kappa shape index (κ3) is 4.86. The summed E-state index contributed by atoms with van der Waals surface area (Å²) in [5.41, 5.74) is 1.49. The number of nitrogens with one attached hydrogen (secondary N) is 1. The Kier molecular flexibility index (Phi) is 6.20. The van der Waals surface area contributed by atoms with Gasteiger partial charge in [-0.05, 0) is 55.7 Å². The monoisotopic (exact) mass is 414 g/mol. The van der Waals surface area contributed by atoms with Gasteiger partial charge in [-0.25, -0.2) is 8.78 Å². The van der Waals surface area contributed by atoms with E-state index in [1.807, 2.05) is 0 Å². The van der Waals surface area contributed by atoms with Gasteiger partial charge in [0.15, 0.2) is 0 Å². The number of carbonyl (C=O) groups excluding carboxylic acids is 1. The maximum atomic E-state index is 13.7. The van der Waals surface area contributed by atoms with Gasteiger partial charge < -0.3 is 5.32 Å². The third-order valence-electron chi connectivity index (χ3n) is 4.73. The summed E-state index contributed by atoms with van der Waals surface area (Å²) in [6.45, 7) is 2.77. The van der Waals surface area contributed by atoms with Gasteiger partial charge >= 0.3 is 5.69 Å². The fourth-order valence-corrected chi connectivity index (χ4v) is 3.36. The number of amides is 1. The van der Waals surface area contributed by atoms with E-state index in [2.05, 4.69) is 10.4 Å². The maximum absolute atomic E-state index is 13.7. The van der Waals surface area contributed by atoms with Crippen molar-refractivity contribution in [3.63, 3.8) is 0 Å². The van der Waals surface area contributed by atoms with E-state index >= 15 is 0 Å². The molecule has 0 aliphatic rings. The molecule has 0 aliphatic carbocycles. The van der Waals surface area contributed by atoms with Crippen molar-refractivity contribution in [1.82, 2.24) is 15.1 Å². The predicted octanol–water partition coefficient (Wildman–Crippen LogP) is 3.79. The third-order valence-corrected chi connectivity index (χ3v) is 4.73. The molecule has 1 heterocycles. The van der Waals surface area contributed by atoms with Crippen LogP contribution in [0.5, 0.6) is 0 Å². The lowest BCUT2D eigenvalue weighted by molar-refractivity contribution is -0.386. The summed E-state index contributed by atoms with van der Waals surface area (Å²) >= 11 is 0. The highest BCUT2D eigenvalue weighted by molar-refractivity contribution is 5.76. The minimum Gasteiger partial charge on any atom is -0.347 e. The second kappa shape index (κ2) is 8.81. The Morgan fingerprint density at radius 1 is 1.17 bits per heavy atom. The summed E-state index contributed by atoms with van der Waals surface area (Å²) < 4.78 is 28.6. The van der Waals surface area contributed by atoms with E-state index in [1.165, 1.54) is 48.9 Å². The minimum absolute atomic E-state index is 0.135. The van der Waals surface area contributed by atoms with E-state index < -0.39 is 28.5 Å². The fourth-order valence-electron chi connectivity index (χ4n) is 3.36. The van der Waals surface area contributed by atoms with Gasteiger partial charge in [0.05, 0.1) is 11.0 Å². The van der Waals surface area contributed by atoms with Crippen LogP contribution in [0.3, 0.4) is 0 Å². The first-order chi connectivity index (χ1) is 14.2. The number of aromatic nitrogens is 2. The number of hydrogen-bond donors (Lipinski definition) is 1. The molecule has 1 amide bonds. The van der Waals surface area contributed by atoms with Crippen LogP contribution in [-0.2, 0) is 17.8 Å². The SMILES string of the molecule is Cc1nn(CC(=O)NC(Cc2cccc(F)c2)c2cccc(F)c2)c(C)c1[N+](=O)[O-]. The molecule has 3 aromatic rings. The van der Waals surface area contributed by atoms with E-state index in [9.17, 15) is 23.7 Å². The van der Waals surface area contributed by atoms with Crippen molar-refractivity contribution in [2.24, 2.45) is 0 Å². The van der Waals surface area contributed by atoms with E-state index in [0.29, 0.717) is 11.1 Å². The smallest absolute Gasteiger partial charge is 0.312 e. The molecule has 30 heavy (non-hydrogen) atoms. The van der Waals surface area contributed by atoms with Crippen molar-refractivity contribution >= 4 is 11.6 Å². The molecule has 3 rings (SSSR count). The highest BCUT2D eigenvalue weighted by Crippen LogP contribution is 2.23. The van der Waals surface area contributed by atoms with Crippen LogP contribution < -0.4 is 5.32 Å². The van der Waals surface area contributed by atoms with Gasteiger partial charge in [0.25, 0.3) is 0 Å². The summed E-state index contributed by atoms with van der Waals surface area (Å²) in [6.07, 6.45) is 0.240. The normalized spacial score (nSPS) is 11.9. The lowest BCUT2D eigenvalue weighted by atomic mass is 9.98. The minimum atomic E-state index is -0.623. The molecule has 1 N–H and O–H groups in total. The Morgan fingerprint density at radius 2 is 1.83 bits per heavy atom. The fraction of sp³-hybridized carbons (Fsp3) is 0.238. The number of rotatable bonds is 7. The van der Waals surface area contributed by atoms with Crippen LogP contribution in [0.4, 0.5) is 14.5 Å². The standard InChI is InChI=1S/C21H20F2N4O3/c1-13-21(27(29)30)14(2)26(25-13)12-20(28)24-19(16-6-4-8-18(23)11-16)10-15-5-3-7-17(22)9-15/h3-9,11,19H,10,12H2,1-2H3,(H,24,28). The van der Waals surface area contributed by atoms with Crippen LogP contribution in [0.15, 0.2) is 48.5 Å². The van der Waals surface area contributed by atoms with Crippen molar-refractivity contribution < 1.29 is 18.5 Å². The highest BCUT2D eigenvalue weighted by Gasteiger charge is 2.24. The Balaban J connectivity index is 1.83. The van der Waals surface area contributed by atoms with Gasteiger partial charge in [-0.15, -0.1) is 0 Å². The molecule has 1 aromatic heterocycles. The molecule has 2 aromatic carbocycles. The van der Waals surface area contributed by atoms with E-state index in [0.717, 1.165) is 0 Å². The number of carbonyl (C=O) groups is 1. The van der Waals surface area contributed by atoms with E-state index in [1.54, 1.807) is 18.2 Å². The van der Waals surface area contributed by atoms with E-state index in [4.69, 9.17) is 0 Å². The number of hydrogen-bond acceptors (Lipinski definition) is 4. The number of halogens is 2. The van der Waals surface area contributed by atoms with Gasteiger partial charge in [0, 0.05) is 0 Å². The quantitative estimate of drug-likeness (QED) is 0.471. The Bertz CT molecular complexity index is 1100. The van der Waals surface area contributed by atoms with Crippen LogP contribution >= 0.6 is 0 Å². The molecular formula is C21H20F2N4O3. The van der Waals surface area contributed by atoms with Crippen molar-refractivity contribution in [3.05, 3.63) is 92.8 Å². The Morgan fingerprint density at radius 3 is 2.43 bits per heavy atom. The van der Waals surface area contributed by atoms with Gasteiger partial charge in [-0.2, -0.15) is 5.10 Å². The second-order valence-electron chi connectivity index (χ2n) is 6.94. The lowest BCUT2D eigenvalue weighted by Crippen LogP contribution is -2.33. The molecule has 1 atom stereocenters. The first kappa shape index (κ1) is 21.1. The van der Waals surface area contributed by atoms with Crippen LogP contribution in [0.2, 0.25) is 0 Å².